The average molecular weight is 294 g/mol. The number of likely N-dealkylation sites (N-methyl/N-ethyl adjacent to an activating group) is 1. The Labute approximate surface area is 121 Å². The van der Waals surface area contributed by atoms with Crippen molar-refractivity contribution in [3.63, 3.8) is 0 Å². The Morgan fingerprint density at radius 1 is 1.33 bits per heavy atom. The van der Waals surface area contributed by atoms with E-state index in [1.54, 1.807) is 4.90 Å². The maximum atomic E-state index is 12.1. The van der Waals surface area contributed by atoms with Crippen molar-refractivity contribution < 1.29 is 14.7 Å². The minimum Gasteiger partial charge on any atom is -0.494 e. The van der Waals surface area contributed by atoms with Gasteiger partial charge in [-0.25, -0.2) is 0 Å². The fraction of sp³-hybridized carbons (Fsp3) is 0.462. The molecule has 0 saturated carbocycles. The zero-order valence-corrected chi connectivity index (χ0v) is 11.8. The van der Waals surface area contributed by atoms with Gasteiger partial charge in [0.1, 0.15) is 0 Å². The van der Waals surface area contributed by atoms with Crippen LogP contribution in [0.1, 0.15) is 10.4 Å². The number of aromatic nitrogens is 1. The van der Waals surface area contributed by atoms with Crippen molar-refractivity contribution in [1.29, 1.82) is 0 Å². The van der Waals surface area contributed by atoms with Gasteiger partial charge in [0.2, 0.25) is 5.91 Å². The molecule has 8 heteroatoms. The van der Waals surface area contributed by atoms with Gasteiger partial charge < -0.3 is 20.2 Å². The fourth-order valence-corrected chi connectivity index (χ4v) is 2.16. The van der Waals surface area contributed by atoms with Gasteiger partial charge in [0.15, 0.2) is 5.88 Å². The molecule has 0 aliphatic carbocycles. The van der Waals surface area contributed by atoms with Gasteiger partial charge in [0.05, 0.1) is 12.1 Å². The predicted octanol–water partition coefficient (Wildman–Crippen LogP) is -1.42. The molecule has 0 aromatic carbocycles. The molecule has 2 rings (SSSR count). The summed E-state index contributed by atoms with van der Waals surface area (Å²) in [6.07, 6.45) is 0. The highest BCUT2D eigenvalue weighted by Crippen LogP contribution is 2.07. The average Bonchev–Trinajstić information content (AvgIpc) is 2.46. The summed E-state index contributed by atoms with van der Waals surface area (Å²) in [5.41, 5.74) is -0.521. The van der Waals surface area contributed by atoms with E-state index in [1.165, 1.54) is 11.9 Å². The Balaban J connectivity index is 2.01. The first-order valence-electron chi connectivity index (χ1n) is 6.64. The summed E-state index contributed by atoms with van der Waals surface area (Å²) in [6.45, 7) is 2.66. The minimum atomic E-state index is -0.569. The van der Waals surface area contributed by atoms with Gasteiger partial charge in [-0.05, 0) is 0 Å². The van der Waals surface area contributed by atoms with Crippen molar-refractivity contribution in [2.24, 2.45) is 0 Å². The van der Waals surface area contributed by atoms with Crippen molar-refractivity contribution in [2.45, 2.75) is 0 Å². The summed E-state index contributed by atoms with van der Waals surface area (Å²) in [4.78, 5) is 40.5. The van der Waals surface area contributed by atoms with E-state index in [0.29, 0.717) is 13.1 Å². The number of aromatic hydroxyl groups is 1. The number of H-pyrrole nitrogens is 1. The summed E-state index contributed by atoms with van der Waals surface area (Å²) in [5, 5.41) is 12.4. The van der Waals surface area contributed by atoms with Crippen LogP contribution in [0.25, 0.3) is 0 Å². The van der Waals surface area contributed by atoms with Gasteiger partial charge in [-0.15, -0.1) is 0 Å². The van der Waals surface area contributed by atoms with Crippen molar-refractivity contribution >= 4 is 11.8 Å². The van der Waals surface area contributed by atoms with Crippen LogP contribution in [0, 0.1) is 0 Å². The van der Waals surface area contributed by atoms with Crippen LogP contribution in [0.2, 0.25) is 0 Å². The van der Waals surface area contributed by atoms with Gasteiger partial charge >= 0.3 is 0 Å². The molecule has 0 unspecified atom stereocenters. The lowest BCUT2D eigenvalue weighted by molar-refractivity contribution is -0.132. The molecule has 21 heavy (non-hydrogen) atoms. The molecule has 1 aromatic rings. The molecule has 1 aliphatic heterocycles. The molecule has 0 radical (unpaired) electrons. The molecule has 8 nitrogen and oxygen atoms in total. The quantitative estimate of drug-likeness (QED) is 0.635. The molecule has 1 saturated heterocycles. The molecule has 0 spiro atoms. The molecule has 0 atom stereocenters. The third-order valence-corrected chi connectivity index (χ3v) is 3.27. The van der Waals surface area contributed by atoms with Crippen molar-refractivity contribution in [2.75, 3.05) is 39.8 Å². The van der Waals surface area contributed by atoms with Crippen LogP contribution in [0.5, 0.6) is 5.88 Å². The number of carbonyl (C=O) groups is 2. The van der Waals surface area contributed by atoms with Gasteiger partial charge in [0, 0.05) is 45.4 Å². The van der Waals surface area contributed by atoms with Crippen LogP contribution in [0.3, 0.4) is 0 Å². The second kappa shape index (κ2) is 6.40. The minimum absolute atomic E-state index is 0.0480. The van der Waals surface area contributed by atoms with E-state index >= 15 is 0 Å². The summed E-state index contributed by atoms with van der Waals surface area (Å²) in [6, 6.07) is 2.25. The molecule has 3 N–H and O–H groups in total. The van der Waals surface area contributed by atoms with Crippen molar-refractivity contribution in [3.8, 4) is 5.88 Å². The largest absolute Gasteiger partial charge is 0.494 e. The second-order valence-corrected chi connectivity index (χ2v) is 4.91. The smallest absolute Gasteiger partial charge is 0.254 e. The Hall–Kier alpha value is -2.35. The maximum Gasteiger partial charge on any atom is 0.254 e. The molecule has 1 aliphatic rings. The molecular formula is C13H18N4O4. The monoisotopic (exact) mass is 294 g/mol. The van der Waals surface area contributed by atoms with Crippen LogP contribution in [-0.2, 0) is 4.79 Å². The van der Waals surface area contributed by atoms with Crippen LogP contribution in [0.15, 0.2) is 16.9 Å². The summed E-state index contributed by atoms with van der Waals surface area (Å²) in [5.74, 6) is -1.01. The number of nitrogens with one attached hydrogen (secondary N) is 2. The number of amides is 2. The van der Waals surface area contributed by atoms with E-state index in [2.05, 4.69) is 10.3 Å². The summed E-state index contributed by atoms with van der Waals surface area (Å²) in [7, 11) is 1.49. The van der Waals surface area contributed by atoms with E-state index < -0.39 is 11.5 Å². The van der Waals surface area contributed by atoms with Crippen molar-refractivity contribution in [1.82, 2.24) is 20.1 Å². The molecule has 1 aromatic heterocycles. The summed E-state index contributed by atoms with van der Waals surface area (Å²) < 4.78 is 0. The lowest BCUT2D eigenvalue weighted by Crippen LogP contribution is -2.49. The highest BCUT2D eigenvalue weighted by Gasteiger charge is 2.21. The highest BCUT2D eigenvalue weighted by atomic mass is 16.3. The molecule has 114 valence electrons. The first kappa shape index (κ1) is 15.0. The van der Waals surface area contributed by atoms with Crippen LogP contribution < -0.4 is 10.9 Å². The van der Waals surface area contributed by atoms with Crippen LogP contribution >= 0.6 is 0 Å². The summed E-state index contributed by atoms with van der Waals surface area (Å²) >= 11 is 0. The number of rotatable bonds is 3. The first-order valence-corrected chi connectivity index (χ1v) is 6.64. The Kier molecular flexibility index (Phi) is 4.59. The maximum absolute atomic E-state index is 12.1. The molecule has 0 bridgehead atoms. The number of pyridine rings is 1. The standard InChI is InChI=1S/C13H18N4O4/c1-16(8-12(20)17-4-2-14-3-5-17)13(21)9-6-10(18)15-11(19)7-9/h6-7,14H,2-5,8H2,1H3,(H2,15,18,19). The van der Waals surface area contributed by atoms with E-state index in [1.807, 2.05) is 0 Å². The Bertz CT molecular complexity index is 592. The number of hydrogen-bond acceptors (Lipinski definition) is 5. The van der Waals surface area contributed by atoms with Gasteiger partial charge in [-0.3, -0.25) is 19.4 Å². The Morgan fingerprint density at radius 2 is 2.00 bits per heavy atom. The lowest BCUT2D eigenvalue weighted by Gasteiger charge is -2.29. The molecule has 1 fully saturated rings. The SMILES string of the molecule is CN(CC(=O)N1CCNCC1)C(=O)c1cc(O)[nH]c(=O)c1. The second-order valence-electron chi connectivity index (χ2n) is 4.91. The van der Waals surface area contributed by atoms with E-state index in [0.717, 1.165) is 25.2 Å². The predicted molar refractivity (Wildman–Crippen MR) is 75.1 cm³/mol. The topological polar surface area (TPSA) is 106 Å². The van der Waals surface area contributed by atoms with E-state index in [-0.39, 0.29) is 23.9 Å². The van der Waals surface area contributed by atoms with Gasteiger partial charge in [0.25, 0.3) is 11.5 Å². The van der Waals surface area contributed by atoms with Crippen LogP contribution in [0.4, 0.5) is 0 Å². The number of carbonyl (C=O) groups excluding carboxylic acids is 2. The first-order chi connectivity index (χ1) is 9.97. The van der Waals surface area contributed by atoms with Crippen LogP contribution in [-0.4, -0.2) is 71.5 Å². The molecular weight excluding hydrogens is 276 g/mol. The molecule has 2 heterocycles. The fourth-order valence-electron chi connectivity index (χ4n) is 2.16. The zero-order valence-electron chi connectivity index (χ0n) is 11.8. The Morgan fingerprint density at radius 3 is 2.62 bits per heavy atom. The third-order valence-electron chi connectivity index (χ3n) is 3.27. The normalized spacial score (nSPS) is 14.8. The zero-order chi connectivity index (χ0) is 15.4. The highest BCUT2D eigenvalue weighted by molar-refractivity contribution is 5.96. The number of piperazine rings is 1. The number of hydrogen-bond donors (Lipinski definition) is 3. The number of aromatic amines is 1. The van der Waals surface area contributed by atoms with Gasteiger partial charge in [-0.2, -0.15) is 0 Å². The lowest BCUT2D eigenvalue weighted by atomic mass is 10.2. The number of nitrogens with zero attached hydrogens (tertiary/aromatic N) is 2. The van der Waals surface area contributed by atoms with E-state index in [9.17, 15) is 19.5 Å². The molecule has 2 amide bonds. The van der Waals surface area contributed by atoms with Crippen molar-refractivity contribution in [3.05, 3.63) is 28.0 Å². The van der Waals surface area contributed by atoms with E-state index in [4.69, 9.17) is 0 Å². The van der Waals surface area contributed by atoms with Gasteiger partial charge in [-0.1, -0.05) is 0 Å². The third kappa shape index (κ3) is 3.82.